The number of likely N-dealkylation sites (tertiary alicyclic amines) is 1. The van der Waals surface area contributed by atoms with Crippen LogP contribution in [0.2, 0.25) is 0 Å². The van der Waals surface area contributed by atoms with Crippen LogP contribution >= 0.6 is 0 Å². The van der Waals surface area contributed by atoms with E-state index in [0.29, 0.717) is 12.6 Å². The summed E-state index contributed by atoms with van der Waals surface area (Å²) in [5.74, 6) is 0. The molecule has 2 fully saturated rings. The third-order valence-electron chi connectivity index (χ3n) is 3.97. The molecule has 0 aromatic heterocycles. The van der Waals surface area contributed by atoms with Gasteiger partial charge < -0.3 is 10.4 Å². The lowest BCUT2D eigenvalue weighted by molar-refractivity contribution is 0.0869. The van der Waals surface area contributed by atoms with Gasteiger partial charge in [-0.15, -0.1) is 0 Å². The SMILES string of the molecule is CCN1CCCC1C1(CO)CCCN1. The van der Waals surface area contributed by atoms with Crippen LogP contribution in [0, 0.1) is 0 Å². The normalized spacial score (nSPS) is 39.4. The number of nitrogens with one attached hydrogen (secondary N) is 1. The number of aliphatic hydroxyl groups excluding tert-OH is 1. The van der Waals surface area contributed by atoms with Gasteiger partial charge in [0, 0.05) is 6.04 Å². The molecule has 0 saturated carbocycles. The summed E-state index contributed by atoms with van der Waals surface area (Å²) in [6.07, 6.45) is 4.91. The van der Waals surface area contributed by atoms with Gasteiger partial charge in [0.1, 0.15) is 0 Å². The van der Waals surface area contributed by atoms with Crippen molar-refractivity contribution in [3.8, 4) is 0 Å². The number of nitrogens with zero attached hydrogens (tertiary/aromatic N) is 1. The lowest BCUT2D eigenvalue weighted by Crippen LogP contribution is -2.58. The van der Waals surface area contributed by atoms with Gasteiger partial charge in [-0.3, -0.25) is 4.90 Å². The van der Waals surface area contributed by atoms with Crippen LogP contribution in [-0.2, 0) is 0 Å². The Morgan fingerprint density at radius 3 is 2.93 bits per heavy atom. The van der Waals surface area contributed by atoms with Crippen LogP contribution in [0.5, 0.6) is 0 Å². The maximum absolute atomic E-state index is 9.60. The fraction of sp³-hybridized carbons (Fsp3) is 1.00. The summed E-state index contributed by atoms with van der Waals surface area (Å²) in [5.41, 5.74) is 0.0203. The minimum Gasteiger partial charge on any atom is -0.394 e. The van der Waals surface area contributed by atoms with Crippen molar-refractivity contribution in [3.05, 3.63) is 0 Å². The quantitative estimate of drug-likeness (QED) is 0.696. The van der Waals surface area contributed by atoms with E-state index in [9.17, 15) is 5.11 Å². The number of aliphatic hydroxyl groups is 1. The molecule has 0 aromatic rings. The largest absolute Gasteiger partial charge is 0.394 e. The molecule has 2 saturated heterocycles. The highest BCUT2D eigenvalue weighted by Crippen LogP contribution is 2.32. The molecule has 2 aliphatic heterocycles. The molecule has 3 heteroatoms. The van der Waals surface area contributed by atoms with Gasteiger partial charge in [0.2, 0.25) is 0 Å². The highest BCUT2D eigenvalue weighted by atomic mass is 16.3. The van der Waals surface area contributed by atoms with E-state index in [1.807, 2.05) is 0 Å². The number of hydrogen-bond acceptors (Lipinski definition) is 3. The van der Waals surface area contributed by atoms with E-state index in [4.69, 9.17) is 0 Å². The Morgan fingerprint density at radius 2 is 2.36 bits per heavy atom. The standard InChI is InChI=1S/C11H22N2O/c1-2-13-8-3-5-10(13)11(9-14)6-4-7-12-11/h10,12,14H,2-9H2,1H3. The molecular weight excluding hydrogens is 176 g/mol. The summed E-state index contributed by atoms with van der Waals surface area (Å²) in [7, 11) is 0. The minimum atomic E-state index is 0.0203. The summed E-state index contributed by atoms with van der Waals surface area (Å²) in [6.45, 7) is 5.93. The average Bonchev–Trinajstić information content (AvgIpc) is 2.86. The van der Waals surface area contributed by atoms with Crippen molar-refractivity contribution in [2.24, 2.45) is 0 Å². The Labute approximate surface area is 86.5 Å². The Hall–Kier alpha value is -0.120. The average molecular weight is 198 g/mol. The molecule has 0 aromatic carbocycles. The maximum atomic E-state index is 9.60. The Bertz CT molecular complexity index is 190. The molecule has 0 bridgehead atoms. The van der Waals surface area contributed by atoms with Gasteiger partial charge in [-0.25, -0.2) is 0 Å². The van der Waals surface area contributed by atoms with Crippen molar-refractivity contribution in [2.75, 3.05) is 26.2 Å². The van der Waals surface area contributed by atoms with Gasteiger partial charge in [-0.05, 0) is 45.3 Å². The summed E-state index contributed by atoms with van der Waals surface area (Å²) >= 11 is 0. The van der Waals surface area contributed by atoms with E-state index in [1.165, 1.54) is 25.8 Å². The first-order valence-electron chi connectivity index (χ1n) is 5.92. The van der Waals surface area contributed by atoms with Crippen molar-refractivity contribution in [1.82, 2.24) is 10.2 Å². The van der Waals surface area contributed by atoms with Gasteiger partial charge >= 0.3 is 0 Å². The highest BCUT2D eigenvalue weighted by molar-refractivity contribution is 5.04. The van der Waals surface area contributed by atoms with Crippen LogP contribution in [0.25, 0.3) is 0 Å². The van der Waals surface area contributed by atoms with Crippen molar-refractivity contribution >= 4 is 0 Å². The third-order valence-corrected chi connectivity index (χ3v) is 3.97. The molecule has 14 heavy (non-hydrogen) atoms. The molecule has 0 amide bonds. The topological polar surface area (TPSA) is 35.5 Å². The molecule has 2 heterocycles. The molecule has 0 spiro atoms. The summed E-state index contributed by atoms with van der Waals surface area (Å²) in [6, 6.07) is 0.569. The first kappa shape index (κ1) is 10.4. The molecule has 2 rings (SSSR count). The zero-order valence-corrected chi connectivity index (χ0v) is 9.13. The van der Waals surface area contributed by atoms with E-state index in [-0.39, 0.29) is 5.54 Å². The second-order valence-electron chi connectivity index (χ2n) is 4.63. The van der Waals surface area contributed by atoms with Crippen molar-refractivity contribution < 1.29 is 5.11 Å². The van der Waals surface area contributed by atoms with E-state index in [2.05, 4.69) is 17.1 Å². The molecule has 3 nitrogen and oxygen atoms in total. The van der Waals surface area contributed by atoms with Crippen LogP contribution in [-0.4, -0.2) is 47.8 Å². The van der Waals surface area contributed by atoms with E-state index in [1.54, 1.807) is 0 Å². The number of hydrogen-bond donors (Lipinski definition) is 2. The Kier molecular flexibility index (Phi) is 3.10. The fourth-order valence-electron chi connectivity index (χ4n) is 3.18. The van der Waals surface area contributed by atoms with Gasteiger partial charge in [0.05, 0.1) is 12.1 Å². The van der Waals surface area contributed by atoms with Gasteiger partial charge in [-0.2, -0.15) is 0 Å². The maximum Gasteiger partial charge on any atom is 0.0628 e. The summed E-state index contributed by atoms with van der Waals surface area (Å²) < 4.78 is 0. The van der Waals surface area contributed by atoms with Crippen LogP contribution in [0.1, 0.15) is 32.6 Å². The first-order chi connectivity index (χ1) is 6.82. The van der Waals surface area contributed by atoms with Gasteiger partial charge in [-0.1, -0.05) is 6.92 Å². The molecular formula is C11H22N2O. The van der Waals surface area contributed by atoms with Crippen LogP contribution < -0.4 is 5.32 Å². The number of rotatable bonds is 3. The molecule has 82 valence electrons. The fourth-order valence-corrected chi connectivity index (χ4v) is 3.18. The van der Waals surface area contributed by atoms with Crippen LogP contribution in [0.15, 0.2) is 0 Å². The van der Waals surface area contributed by atoms with Gasteiger partial charge in [0.25, 0.3) is 0 Å². The minimum absolute atomic E-state index is 0.0203. The molecule has 0 radical (unpaired) electrons. The predicted octanol–water partition coefficient (Wildman–Crippen LogP) is 0.585. The molecule has 0 aliphatic carbocycles. The van der Waals surface area contributed by atoms with E-state index in [0.717, 1.165) is 19.5 Å². The number of likely N-dealkylation sites (N-methyl/N-ethyl adjacent to an activating group) is 1. The smallest absolute Gasteiger partial charge is 0.0628 e. The predicted molar refractivity (Wildman–Crippen MR) is 57.3 cm³/mol. The second-order valence-corrected chi connectivity index (χ2v) is 4.63. The molecule has 2 N–H and O–H groups in total. The van der Waals surface area contributed by atoms with Crippen molar-refractivity contribution in [3.63, 3.8) is 0 Å². The van der Waals surface area contributed by atoms with Crippen LogP contribution in [0.3, 0.4) is 0 Å². The van der Waals surface area contributed by atoms with Crippen molar-refractivity contribution in [1.29, 1.82) is 0 Å². The van der Waals surface area contributed by atoms with Crippen LogP contribution in [0.4, 0.5) is 0 Å². The molecule has 2 unspecified atom stereocenters. The molecule has 2 aliphatic rings. The summed E-state index contributed by atoms with van der Waals surface area (Å²) in [4.78, 5) is 2.52. The third kappa shape index (κ3) is 1.58. The first-order valence-corrected chi connectivity index (χ1v) is 5.92. The Morgan fingerprint density at radius 1 is 1.50 bits per heavy atom. The zero-order chi connectivity index (χ0) is 10.0. The monoisotopic (exact) mass is 198 g/mol. The highest BCUT2D eigenvalue weighted by Gasteiger charge is 2.44. The summed E-state index contributed by atoms with van der Waals surface area (Å²) in [5, 5.41) is 13.1. The lowest BCUT2D eigenvalue weighted by atomic mass is 9.87. The zero-order valence-electron chi connectivity index (χ0n) is 9.13. The second kappa shape index (κ2) is 4.17. The lowest BCUT2D eigenvalue weighted by Gasteiger charge is -2.39. The van der Waals surface area contributed by atoms with E-state index >= 15 is 0 Å². The Balaban J connectivity index is 2.10. The van der Waals surface area contributed by atoms with E-state index < -0.39 is 0 Å². The van der Waals surface area contributed by atoms with Crippen molar-refractivity contribution in [2.45, 2.75) is 44.2 Å². The van der Waals surface area contributed by atoms with Gasteiger partial charge in [0.15, 0.2) is 0 Å². The molecule has 2 atom stereocenters.